The van der Waals surface area contributed by atoms with Gasteiger partial charge in [-0.1, -0.05) is 19.8 Å². The first-order chi connectivity index (χ1) is 9.66. The molecule has 0 bridgehead atoms. The average Bonchev–Trinajstić information content (AvgIpc) is 2.96. The number of hydrogen-bond acceptors (Lipinski definition) is 3. The van der Waals surface area contributed by atoms with Gasteiger partial charge in [-0.3, -0.25) is 4.79 Å². The lowest BCUT2D eigenvalue weighted by molar-refractivity contribution is -0.149. The van der Waals surface area contributed by atoms with Crippen LogP contribution in [0.1, 0.15) is 64.7 Å². The van der Waals surface area contributed by atoms with Gasteiger partial charge in [-0.05, 0) is 51.0 Å². The van der Waals surface area contributed by atoms with Gasteiger partial charge in [0.2, 0.25) is 0 Å². The van der Waals surface area contributed by atoms with Crippen molar-refractivity contribution < 1.29 is 14.6 Å². The van der Waals surface area contributed by atoms with E-state index in [9.17, 15) is 9.90 Å². The molecule has 0 amide bonds. The SMILES string of the molecule is CCCNC1(C(=O)O)CCCC(OCC2CCCC2)C1. The second-order valence-corrected chi connectivity index (χ2v) is 6.52. The van der Waals surface area contributed by atoms with Crippen LogP contribution in [0.4, 0.5) is 0 Å². The van der Waals surface area contributed by atoms with Gasteiger partial charge in [0.1, 0.15) is 5.54 Å². The van der Waals surface area contributed by atoms with Crippen LogP contribution >= 0.6 is 0 Å². The Morgan fingerprint density at radius 3 is 2.70 bits per heavy atom. The molecule has 2 atom stereocenters. The largest absolute Gasteiger partial charge is 0.480 e. The molecule has 4 heteroatoms. The smallest absolute Gasteiger partial charge is 0.323 e. The van der Waals surface area contributed by atoms with E-state index < -0.39 is 11.5 Å². The van der Waals surface area contributed by atoms with E-state index in [0.29, 0.717) is 12.3 Å². The highest BCUT2D eigenvalue weighted by atomic mass is 16.5. The molecule has 0 radical (unpaired) electrons. The quantitative estimate of drug-likeness (QED) is 0.754. The molecule has 2 fully saturated rings. The van der Waals surface area contributed by atoms with E-state index in [1.165, 1.54) is 25.7 Å². The zero-order chi connectivity index (χ0) is 14.4. The molecular formula is C16H29NO3. The monoisotopic (exact) mass is 283 g/mol. The maximum absolute atomic E-state index is 11.7. The third-order valence-corrected chi connectivity index (χ3v) is 4.87. The molecule has 4 nitrogen and oxygen atoms in total. The van der Waals surface area contributed by atoms with Crippen LogP contribution in [0.3, 0.4) is 0 Å². The molecule has 0 aliphatic heterocycles. The summed E-state index contributed by atoms with van der Waals surface area (Å²) in [6.07, 6.45) is 9.60. The van der Waals surface area contributed by atoms with E-state index in [4.69, 9.17) is 4.74 Å². The predicted octanol–water partition coefficient (Wildman–Crippen LogP) is 2.96. The summed E-state index contributed by atoms with van der Waals surface area (Å²) < 4.78 is 6.05. The number of nitrogens with one attached hydrogen (secondary N) is 1. The molecule has 2 unspecified atom stereocenters. The van der Waals surface area contributed by atoms with Crippen LogP contribution < -0.4 is 5.32 Å². The van der Waals surface area contributed by atoms with Crippen molar-refractivity contribution in [3.05, 3.63) is 0 Å². The van der Waals surface area contributed by atoms with Crippen molar-refractivity contribution in [3.63, 3.8) is 0 Å². The van der Waals surface area contributed by atoms with E-state index in [0.717, 1.165) is 38.8 Å². The van der Waals surface area contributed by atoms with Crippen molar-refractivity contribution >= 4 is 5.97 Å². The van der Waals surface area contributed by atoms with Crippen molar-refractivity contribution in [1.29, 1.82) is 0 Å². The first-order valence-electron chi connectivity index (χ1n) is 8.26. The molecule has 2 rings (SSSR count). The minimum atomic E-state index is -0.755. The molecule has 0 aromatic carbocycles. The minimum absolute atomic E-state index is 0.116. The number of aliphatic carboxylic acids is 1. The summed E-state index contributed by atoms with van der Waals surface area (Å²) in [6, 6.07) is 0. The summed E-state index contributed by atoms with van der Waals surface area (Å²) in [5.74, 6) is -0.000119. The second-order valence-electron chi connectivity index (χ2n) is 6.52. The zero-order valence-corrected chi connectivity index (χ0v) is 12.7. The second kappa shape index (κ2) is 7.41. The van der Waals surface area contributed by atoms with Gasteiger partial charge in [0.15, 0.2) is 0 Å². The lowest BCUT2D eigenvalue weighted by Gasteiger charge is -2.38. The lowest BCUT2D eigenvalue weighted by atomic mass is 9.80. The molecule has 2 saturated carbocycles. The summed E-state index contributed by atoms with van der Waals surface area (Å²) in [4.78, 5) is 11.7. The fraction of sp³-hybridized carbons (Fsp3) is 0.938. The molecule has 0 aromatic rings. The predicted molar refractivity (Wildman–Crippen MR) is 78.8 cm³/mol. The summed E-state index contributed by atoms with van der Waals surface area (Å²) in [7, 11) is 0. The van der Waals surface area contributed by atoms with Gasteiger partial charge >= 0.3 is 5.97 Å². The van der Waals surface area contributed by atoms with Crippen LogP contribution in [-0.4, -0.2) is 35.9 Å². The summed E-state index contributed by atoms with van der Waals surface area (Å²) in [5.41, 5.74) is -0.755. The highest BCUT2D eigenvalue weighted by molar-refractivity contribution is 5.79. The van der Waals surface area contributed by atoms with Gasteiger partial charge in [-0.25, -0.2) is 0 Å². The Morgan fingerprint density at radius 1 is 1.30 bits per heavy atom. The van der Waals surface area contributed by atoms with E-state index in [-0.39, 0.29) is 6.10 Å². The highest BCUT2D eigenvalue weighted by Gasteiger charge is 2.42. The number of hydrogen-bond donors (Lipinski definition) is 2. The van der Waals surface area contributed by atoms with Crippen molar-refractivity contribution in [2.24, 2.45) is 5.92 Å². The third kappa shape index (κ3) is 3.95. The maximum Gasteiger partial charge on any atom is 0.323 e. The van der Waals surface area contributed by atoms with Crippen molar-refractivity contribution in [3.8, 4) is 0 Å². The van der Waals surface area contributed by atoms with E-state index in [1.54, 1.807) is 0 Å². The first kappa shape index (κ1) is 15.8. The molecule has 2 aliphatic carbocycles. The highest BCUT2D eigenvalue weighted by Crippen LogP contribution is 2.32. The van der Waals surface area contributed by atoms with Crippen LogP contribution in [0.25, 0.3) is 0 Å². The molecule has 0 saturated heterocycles. The fourth-order valence-electron chi connectivity index (χ4n) is 3.61. The van der Waals surface area contributed by atoms with Crippen molar-refractivity contribution in [2.45, 2.75) is 76.4 Å². The van der Waals surface area contributed by atoms with Gasteiger partial charge in [-0.2, -0.15) is 0 Å². The Kier molecular flexibility index (Phi) is 5.85. The van der Waals surface area contributed by atoms with Crippen molar-refractivity contribution in [2.75, 3.05) is 13.2 Å². The first-order valence-corrected chi connectivity index (χ1v) is 8.26. The summed E-state index contributed by atoms with van der Waals surface area (Å²) >= 11 is 0. The molecule has 0 spiro atoms. The Labute approximate surface area is 122 Å². The molecule has 20 heavy (non-hydrogen) atoms. The molecule has 2 N–H and O–H groups in total. The molecule has 116 valence electrons. The fourth-order valence-corrected chi connectivity index (χ4v) is 3.61. The van der Waals surface area contributed by atoms with Crippen LogP contribution in [-0.2, 0) is 9.53 Å². The molecule has 0 aromatic heterocycles. The number of rotatable bonds is 7. The van der Waals surface area contributed by atoms with Gasteiger partial charge < -0.3 is 15.2 Å². The van der Waals surface area contributed by atoms with Gasteiger partial charge in [-0.15, -0.1) is 0 Å². The normalized spacial score (nSPS) is 31.6. The lowest BCUT2D eigenvalue weighted by Crippen LogP contribution is -2.56. The third-order valence-electron chi connectivity index (χ3n) is 4.87. The Hall–Kier alpha value is -0.610. The van der Waals surface area contributed by atoms with E-state index >= 15 is 0 Å². The van der Waals surface area contributed by atoms with Crippen LogP contribution in [0.2, 0.25) is 0 Å². The summed E-state index contributed by atoms with van der Waals surface area (Å²) in [5, 5.41) is 12.9. The molecule has 0 heterocycles. The standard InChI is InChI=1S/C16H29NO3/c1-2-10-17-16(15(18)19)9-5-8-14(11-16)20-12-13-6-3-4-7-13/h13-14,17H,2-12H2,1H3,(H,18,19). The Balaban J connectivity index is 1.85. The Bertz CT molecular complexity index is 315. The van der Waals surface area contributed by atoms with Crippen molar-refractivity contribution in [1.82, 2.24) is 5.32 Å². The zero-order valence-electron chi connectivity index (χ0n) is 12.7. The van der Waals surface area contributed by atoms with E-state index in [1.807, 2.05) is 0 Å². The number of carboxylic acids is 1. The average molecular weight is 283 g/mol. The number of ether oxygens (including phenoxy) is 1. The van der Waals surface area contributed by atoms with Gasteiger partial charge in [0.05, 0.1) is 6.10 Å². The van der Waals surface area contributed by atoms with Gasteiger partial charge in [0, 0.05) is 13.0 Å². The van der Waals surface area contributed by atoms with E-state index in [2.05, 4.69) is 12.2 Å². The van der Waals surface area contributed by atoms with Gasteiger partial charge in [0.25, 0.3) is 0 Å². The molecule has 2 aliphatic rings. The Morgan fingerprint density at radius 2 is 2.05 bits per heavy atom. The minimum Gasteiger partial charge on any atom is -0.480 e. The maximum atomic E-state index is 11.7. The number of carboxylic acid groups (broad SMARTS) is 1. The number of carbonyl (C=O) groups is 1. The van der Waals surface area contributed by atoms with Crippen LogP contribution in [0.15, 0.2) is 0 Å². The molecular weight excluding hydrogens is 254 g/mol. The van der Waals surface area contributed by atoms with Crippen LogP contribution in [0.5, 0.6) is 0 Å². The topological polar surface area (TPSA) is 58.6 Å². The summed E-state index contributed by atoms with van der Waals surface area (Å²) in [6.45, 7) is 3.66. The van der Waals surface area contributed by atoms with Crippen LogP contribution in [0, 0.1) is 5.92 Å².